The molecule has 1 aromatic rings. The van der Waals surface area contributed by atoms with Gasteiger partial charge in [-0.05, 0) is 37.6 Å². The van der Waals surface area contributed by atoms with E-state index >= 15 is 0 Å². The molecule has 0 aromatic heterocycles. The Bertz CT molecular complexity index is 589. The number of ether oxygens (including phenoxy) is 1. The SMILES string of the molecule is CCCCN1CCOC[C@H]1C(=O)Nc1cc(NC(C)=O)ccc1C. The third-order valence-corrected chi connectivity index (χ3v) is 4.16. The molecule has 2 amide bonds. The van der Waals surface area contributed by atoms with Gasteiger partial charge in [0, 0.05) is 24.8 Å². The normalized spacial score (nSPS) is 18.2. The van der Waals surface area contributed by atoms with Crippen molar-refractivity contribution < 1.29 is 14.3 Å². The van der Waals surface area contributed by atoms with Crippen molar-refractivity contribution in [1.82, 2.24) is 4.90 Å². The number of unbranched alkanes of at least 4 members (excludes halogenated alkanes) is 1. The number of morpholine rings is 1. The maximum Gasteiger partial charge on any atom is 0.244 e. The van der Waals surface area contributed by atoms with Gasteiger partial charge in [-0.3, -0.25) is 14.5 Å². The Morgan fingerprint density at radius 2 is 2.12 bits per heavy atom. The Morgan fingerprint density at radius 3 is 2.83 bits per heavy atom. The fourth-order valence-electron chi connectivity index (χ4n) is 2.76. The first kappa shape index (κ1) is 18.4. The van der Waals surface area contributed by atoms with E-state index < -0.39 is 0 Å². The van der Waals surface area contributed by atoms with Gasteiger partial charge in [0.1, 0.15) is 6.04 Å². The van der Waals surface area contributed by atoms with E-state index in [0.717, 1.165) is 31.5 Å². The molecule has 2 N–H and O–H groups in total. The Labute approximate surface area is 143 Å². The van der Waals surface area contributed by atoms with Crippen LogP contribution in [0.4, 0.5) is 11.4 Å². The predicted molar refractivity (Wildman–Crippen MR) is 95.2 cm³/mol. The summed E-state index contributed by atoms with van der Waals surface area (Å²) < 4.78 is 5.50. The standard InChI is InChI=1S/C18H27N3O3/c1-4-5-8-21-9-10-24-12-17(21)18(23)20-16-11-15(19-14(3)22)7-6-13(16)2/h6-7,11,17H,4-5,8-10,12H2,1-3H3,(H,19,22)(H,20,23)/t17-/m0/s1. The van der Waals surface area contributed by atoms with Crippen LogP contribution in [0, 0.1) is 6.92 Å². The van der Waals surface area contributed by atoms with E-state index in [1.54, 1.807) is 6.07 Å². The second kappa shape index (κ2) is 8.80. The number of hydrogen-bond donors (Lipinski definition) is 2. The van der Waals surface area contributed by atoms with E-state index in [1.165, 1.54) is 6.92 Å². The van der Waals surface area contributed by atoms with Crippen molar-refractivity contribution >= 4 is 23.2 Å². The van der Waals surface area contributed by atoms with Crippen molar-refractivity contribution in [2.45, 2.75) is 39.7 Å². The lowest BCUT2D eigenvalue weighted by Gasteiger charge is -2.34. The Kier molecular flexibility index (Phi) is 6.75. The molecule has 0 unspecified atom stereocenters. The Hall–Kier alpha value is -1.92. The van der Waals surface area contributed by atoms with Crippen molar-refractivity contribution in [1.29, 1.82) is 0 Å². The summed E-state index contributed by atoms with van der Waals surface area (Å²) in [5, 5.41) is 5.72. The van der Waals surface area contributed by atoms with E-state index in [-0.39, 0.29) is 17.9 Å². The molecule has 0 radical (unpaired) electrons. The lowest BCUT2D eigenvalue weighted by molar-refractivity contribution is -0.127. The molecule has 6 heteroatoms. The van der Waals surface area contributed by atoms with Gasteiger partial charge in [-0.2, -0.15) is 0 Å². The molecule has 1 aromatic carbocycles. The van der Waals surface area contributed by atoms with Crippen LogP contribution in [0.2, 0.25) is 0 Å². The highest BCUT2D eigenvalue weighted by Gasteiger charge is 2.29. The number of benzene rings is 1. The number of anilines is 2. The molecule has 1 aliphatic rings. The van der Waals surface area contributed by atoms with Crippen LogP contribution in [-0.4, -0.2) is 49.1 Å². The average molecular weight is 333 g/mol. The topological polar surface area (TPSA) is 70.7 Å². The molecule has 1 saturated heterocycles. The molecule has 1 heterocycles. The van der Waals surface area contributed by atoms with Crippen LogP contribution in [0.3, 0.4) is 0 Å². The van der Waals surface area contributed by atoms with E-state index in [9.17, 15) is 9.59 Å². The van der Waals surface area contributed by atoms with Crippen LogP contribution < -0.4 is 10.6 Å². The molecule has 0 aliphatic carbocycles. The zero-order valence-corrected chi connectivity index (χ0v) is 14.7. The van der Waals surface area contributed by atoms with Gasteiger partial charge in [-0.15, -0.1) is 0 Å². The number of hydrogen-bond acceptors (Lipinski definition) is 4. The zero-order chi connectivity index (χ0) is 17.5. The summed E-state index contributed by atoms with van der Waals surface area (Å²) in [6, 6.07) is 5.22. The minimum Gasteiger partial charge on any atom is -0.378 e. The monoisotopic (exact) mass is 333 g/mol. The highest BCUT2D eigenvalue weighted by atomic mass is 16.5. The third-order valence-electron chi connectivity index (χ3n) is 4.16. The fourth-order valence-corrected chi connectivity index (χ4v) is 2.76. The van der Waals surface area contributed by atoms with Crippen LogP contribution in [0.15, 0.2) is 18.2 Å². The van der Waals surface area contributed by atoms with Gasteiger partial charge in [-0.25, -0.2) is 0 Å². The van der Waals surface area contributed by atoms with Gasteiger partial charge in [0.25, 0.3) is 0 Å². The van der Waals surface area contributed by atoms with Crippen LogP contribution in [0.5, 0.6) is 0 Å². The minimum absolute atomic E-state index is 0.0612. The molecule has 24 heavy (non-hydrogen) atoms. The Balaban J connectivity index is 2.08. The molecule has 0 saturated carbocycles. The second-order valence-electron chi connectivity index (χ2n) is 6.18. The minimum atomic E-state index is -0.269. The van der Waals surface area contributed by atoms with Gasteiger partial charge < -0.3 is 15.4 Å². The number of carbonyl (C=O) groups excluding carboxylic acids is 2. The van der Waals surface area contributed by atoms with E-state index in [4.69, 9.17) is 4.74 Å². The number of aryl methyl sites for hydroxylation is 1. The predicted octanol–water partition coefficient (Wildman–Crippen LogP) is 2.39. The first-order valence-corrected chi connectivity index (χ1v) is 8.52. The van der Waals surface area contributed by atoms with Gasteiger partial charge in [0.15, 0.2) is 0 Å². The third kappa shape index (κ3) is 5.04. The average Bonchev–Trinajstić information content (AvgIpc) is 2.55. The molecule has 2 rings (SSSR count). The van der Waals surface area contributed by atoms with Gasteiger partial charge in [0.05, 0.1) is 13.2 Å². The zero-order valence-electron chi connectivity index (χ0n) is 14.7. The highest BCUT2D eigenvalue weighted by Crippen LogP contribution is 2.21. The summed E-state index contributed by atoms with van der Waals surface area (Å²) >= 11 is 0. The summed E-state index contributed by atoms with van der Waals surface area (Å²) in [6.45, 7) is 8.31. The number of nitrogens with zero attached hydrogens (tertiary/aromatic N) is 1. The maximum atomic E-state index is 12.7. The van der Waals surface area contributed by atoms with Crippen molar-refractivity contribution in [3.63, 3.8) is 0 Å². The van der Waals surface area contributed by atoms with Crippen LogP contribution in [0.1, 0.15) is 32.3 Å². The summed E-state index contributed by atoms with van der Waals surface area (Å²) in [6.07, 6.45) is 2.17. The fraction of sp³-hybridized carbons (Fsp3) is 0.556. The van der Waals surface area contributed by atoms with Crippen molar-refractivity contribution in [3.8, 4) is 0 Å². The van der Waals surface area contributed by atoms with E-state index in [1.807, 2.05) is 19.1 Å². The number of carbonyl (C=O) groups is 2. The quantitative estimate of drug-likeness (QED) is 0.838. The lowest BCUT2D eigenvalue weighted by Crippen LogP contribution is -2.52. The second-order valence-corrected chi connectivity index (χ2v) is 6.18. The smallest absolute Gasteiger partial charge is 0.244 e. The summed E-state index contributed by atoms with van der Waals surface area (Å²) in [4.78, 5) is 26.1. The maximum absolute atomic E-state index is 12.7. The molecule has 1 aliphatic heterocycles. The van der Waals surface area contributed by atoms with Crippen LogP contribution in [0.25, 0.3) is 0 Å². The molecule has 1 fully saturated rings. The van der Waals surface area contributed by atoms with E-state index in [2.05, 4.69) is 22.5 Å². The molecular formula is C18H27N3O3. The van der Waals surface area contributed by atoms with Crippen molar-refractivity contribution in [2.75, 3.05) is 36.9 Å². The van der Waals surface area contributed by atoms with Crippen LogP contribution in [-0.2, 0) is 14.3 Å². The van der Waals surface area contributed by atoms with Crippen molar-refractivity contribution in [3.05, 3.63) is 23.8 Å². The summed E-state index contributed by atoms with van der Waals surface area (Å²) in [5.74, 6) is -0.198. The molecule has 0 bridgehead atoms. The first-order valence-electron chi connectivity index (χ1n) is 8.52. The number of amides is 2. The Morgan fingerprint density at radius 1 is 1.33 bits per heavy atom. The number of nitrogens with one attached hydrogen (secondary N) is 2. The largest absolute Gasteiger partial charge is 0.378 e. The summed E-state index contributed by atoms with van der Waals surface area (Å²) in [5.41, 5.74) is 2.34. The summed E-state index contributed by atoms with van der Waals surface area (Å²) in [7, 11) is 0. The molecule has 0 spiro atoms. The molecule has 6 nitrogen and oxygen atoms in total. The first-order chi connectivity index (χ1) is 11.5. The number of rotatable bonds is 6. The van der Waals surface area contributed by atoms with Crippen molar-refractivity contribution in [2.24, 2.45) is 0 Å². The molecular weight excluding hydrogens is 306 g/mol. The van der Waals surface area contributed by atoms with Gasteiger partial charge in [-0.1, -0.05) is 19.4 Å². The van der Waals surface area contributed by atoms with Crippen LogP contribution >= 0.6 is 0 Å². The molecule has 1 atom stereocenters. The van der Waals surface area contributed by atoms with Gasteiger partial charge >= 0.3 is 0 Å². The highest BCUT2D eigenvalue weighted by molar-refractivity contribution is 5.97. The molecule has 132 valence electrons. The van der Waals surface area contributed by atoms with Gasteiger partial charge in [0.2, 0.25) is 11.8 Å². The van der Waals surface area contributed by atoms with E-state index in [0.29, 0.717) is 24.6 Å². The lowest BCUT2D eigenvalue weighted by atomic mass is 10.1.